The number of oxazole rings is 1. The quantitative estimate of drug-likeness (QED) is 0.901. The lowest BCUT2D eigenvalue weighted by Crippen LogP contribution is -2.52. The number of carbonyl (C=O) groups excluding carboxylic acids is 1. The fourth-order valence-electron chi connectivity index (χ4n) is 2.78. The van der Waals surface area contributed by atoms with Crippen LogP contribution in [-0.4, -0.2) is 40.7 Å². The second kappa shape index (κ2) is 5.64. The molecule has 120 valence electrons. The summed E-state index contributed by atoms with van der Waals surface area (Å²) in [6.07, 6.45) is 3.86. The zero-order valence-electron chi connectivity index (χ0n) is 13.0. The molecule has 4 rings (SSSR count). The average Bonchev–Trinajstić information content (AvgIpc) is 3.27. The summed E-state index contributed by atoms with van der Waals surface area (Å²) < 4.78 is 5.04. The minimum atomic E-state index is -0.186. The highest BCUT2D eigenvalue weighted by molar-refractivity contribution is 5.91. The summed E-state index contributed by atoms with van der Waals surface area (Å²) in [7, 11) is 0. The van der Waals surface area contributed by atoms with Gasteiger partial charge >= 0.3 is 0 Å². The molecule has 2 aromatic rings. The number of hydrogen-bond donors (Lipinski definition) is 1. The molecule has 0 unspecified atom stereocenters. The number of nitrogens with zero attached hydrogens (tertiary/aromatic N) is 4. The Morgan fingerprint density at radius 2 is 2.17 bits per heavy atom. The van der Waals surface area contributed by atoms with E-state index in [-0.39, 0.29) is 5.91 Å². The molecule has 0 radical (unpaired) electrons. The minimum absolute atomic E-state index is 0.186. The molecule has 2 fully saturated rings. The van der Waals surface area contributed by atoms with Gasteiger partial charge in [-0.05, 0) is 25.0 Å². The van der Waals surface area contributed by atoms with E-state index in [1.165, 1.54) is 19.1 Å². The monoisotopic (exact) mass is 313 g/mol. The molecule has 23 heavy (non-hydrogen) atoms. The predicted molar refractivity (Wildman–Crippen MR) is 83.3 cm³/mol. The van der Waals surface area contributed by atoms with Gasteiger partial charge in [0.25, 0.3) is 5.91 Å². The van der Waals surface area contributed by atoms with Gasteiger partial charge < -0.3 is 14.6 Å². The Hall–Kier alpha value is -2.44. The van der Waals surface area contributed by atoms with Crippen molar-refractivity contribution in [1.82, 2.24) is 20.5 Å². The predicted octanol–water partition coefficient (Wildman–Crippen LogP) is 1.52. The van der Waals surface area contributed by atoms with Crippen molar-refractivity contribution in [3.63, 3.8) is 0 Å². The zero-order chi connectivity index (χ0) is 15.8. The Labute approximate surface area is 134 Å². The lowest BCUT2D eigenvalue weighted by molar-refractivity contribution is 0.0939. The molecule has 0 bridgehead atoms. The van der Waals surface area contributed by atoms with Crippen LogP contribution in [0.15, 0.2) is 22.8 Å². The maximum absolute atomic E-state index is 11.9. The maximum atomic E-state index is 11.9. The van der Waals surface area contributed by atoms with Gasteiger partial charge in [0, 0.05) is 38.4 Å². The second-order valence-corrected chi connectivity index (χ2v) is 6.32. The third-order valence-corrected chi connectivity index (χ3v) is 4.35. The van der Waals surface area contributed by atoms with Crippen LogP contribution in [-0.2, 0) is 0 Å². The molecule has 1 aliphatic carbocycles. The summed E-state index contributed by atoms with van der Waals surface area (Å²) in [5, 5.41) is 11.5. The summed E-state index contributed by atoms with van der Waals surface area (Å²) in [4.78, 5) is 18.1. The highest BCUT2D eigenvalue weighted by Gasteiger charge is 2.30. The normalized spacial score (nSPS) is 17.9. The van der Waals surface area contributed by atoms with Gasteiger partial charge in [0.05, 0.1) is 5.69 Å². The molecule has 1 amide bonds. The molecule has 1 saturated heterocycles. The van der Waals surface area contributed by atoms with Crippen LogP contribution in [0.2, 0.25) is 0 Å². The first-order valence-electron chi connectivity index (χ1n) is 7.98. The molecular formula is C16H19N5O2. The van der Waals surface area contributed by atoms with Crippen LogP contribution in [0.25, 0.3) is 0 Å². The summed E-state index contributed by atoms with van der Waals surface area (Å²) in [5.74, 6) is 2.30. The van der Waals surface area contributed by atoms with E-state index in [1.807, 2.05) is 6.07 Å². The number of aryl methyl sites for hydroxylation is 1. The van der Waals surface area contributed by atoms with E-state index in [4.69, 9.17) is 4.42 Å². The lowest BCUT2D eigenvalue weighted by atomic mass is 10.00. The van der Waals surface area contributed by atoms with Crippen LogP contribution in [0.5, 0.6) is 0 Å². The van der Waals surface area contributed by atoms with Crippen molar-refractivity contribution in [3.05, 3.63) is 35.7 Å². The molecule has 3 heterocycles. The first kappa shape index (κ1) is 14.2. The van der Waals surface area contributed by atoms with Crippen LogP contribution in [0, 0.1) is 12.8 Å². The third kappa shape index (κ3) is 3.04. The van der Waals surface area contributed by atoms with Crippen molar-refractivity contribution in [3.8, 4) is 0 Å². The second-order valence-electron chi connectivity index (χ2n) is 6.32. The van der Waals surface area contributed by atoms with Crippen molar-refractivity contribution in [2.45, 2.75) is 25.7 Å². The van der Waals surface area contributed by atoms with Gasteiger partial charge in [0.1, 0.15) is 6.26 Å². The molecule has 0 spiro atoms. The largest absolute Gasteiger partial charge is 0.448 e. The number of carbonyl (C=O) groups is 1. The van der Waals surface area contributed by atoms with Crippen molar-refractivity contribution in [2.75, 3.05) is 24.5 Å². The number of rotatable bonds is 5. The van der Waals surface area contributed by atoms with Crippen LogP contribution in [0.1, 0.15) is 40.8 Å². The fraction of sp³-hybridized carbons (Fsp3) is 0.500. The first-order valence-corrected chi connectivity index (χ1v) is 7.98. The van der Waals surface area contributed by atoms with Crippen molar-refractivity contribution >= 4 is 11.7 Å². The van der Waals surface area contributed by atoms with Crippen molar-refractivity contribution < 1.29 is 9.21 Å². The fourth-order valence-corrected chi connectivity index (χ4v) is 2.78. The van der Waals surface area contributed by atoms with Gasteiger partial charge in [0.15, 0.2) is 17.4 Å². The van der Waals surface area contributed by atoms with Crippen LogP contribution in [0.3, 0.4) is 0 Å². The molecule has 1 N–H and O–H groups in total. The van der Waals surface area contributed by atoms with E-state index in [0.29, 0.717) is 30.0 Å². The molecule has 2 aromatic heterocycles. The summed E-state index contributed by atoms with van der Waals surface area (Å²) in [5.41, 5.74) is 1.45. The Kier molecular flexibility index (Phi) is 3.48. The lowest BCUT2D eigenvalue weighted by Gasteiger charge is -2.39. The molecule has 0 atom stereocenters. The SMILES string of the molecule is Cc1nc(C(=O)NCC2CN(c3ccc(C4CC4)nn3)C2)co1. The number of aromatic nitrogens is 3. The van der Waals surface area contributed by atoms with Crippen LogP contribution >= 0.6 is 0 Å². The van der Waals surface area contributed by atoms with E-state index in [9.17, 15) is 4.79 Å². The van der Waals surface area contributed by atoms with Gasteiger partial charge in [-0.15, -0.1) is 5.10 Å². The molecular weight excluding hydrogens is 294 g/mol. The Bertz CT molecular complexity index is 702. The minimum Gasteiger partial charge on any atom is -0.448 e. The summed E-state index contributed by atoms with van der Waals surface area (Å²) in [6, 6.07) is 4.13. The Morgan fingerprint density at radius 1 is 1.35 bits per heavy atom. The van der Waals surface area contributed by atoms with E-state index in [0.717, 1.165) is 24.6 Å². The van der Waals surface area contributed by atoms with E-state index in [1.54, 1.807) is 6.92 Å². The molecule has 1 aliphatic heterocycles. The highest BCUT2D eigenvalue weighted by atomic mass is 16.3. The van der Waals surface area contributed by atoms with E-state index >= 15 is 0 Å². The highest BCUT2D eigenvalue weighted by Crippen LogP contribution is 2.38. The van der Waals surface area contributed by atoms with Gasteiger partial charge in [-0.25, -0.2) is 4.98 Å². The topological polar surface area (TPSA) is 84.2 Å². The van der Waals surface area contributed by atoms with Crippen molar-refractivity contribution in [1.29, 1.82) is 0 Å². The molecule has 7 nitrogen and oxygen atoms in total. The number of hydrogen-bond acceptors (Lipinski definition) is 6. The first-order chi connectivity index (χ1) is 11.2. The van der Waals surface area contributed by atoms with E-state index < -0.39 is 0 Å². The van der Waals surface area contributed by atoms with E-state index in [2.05, 4.69) is 31.5 Å². The van der Waals surface area contributed by atoms with Crippen LogP contribution in [0.4, 0.5) is 5.82 Å². The summed E-state index contributed by atoms with van der Waals surface area (Å²) >= 11 is 0. The number of amides is 1. The van der Waals surface area contributed by atoms with Crippen molar-refractivity contribution in [2.24, 2.45) is 5.92 Å². The number of anilines is 1. The Balaban J connectivity index is 1.24. The summed E-state index contributed by atoms with van der Waals surface area (Å²) in [6.45, 7) is 4.12. The third-order valence-electron chi connectivity index (χ3n) is 4.35. The Morgan fingerprint density at radius 3 is 2.78 bits per heavy atom. The maximum Gasteiger partial charge on any atom is 0.273 e. The van der Waals surface area contributed by atoms with Gasteiger partial charge in [-0.3, -0.25) is 4.79 Å². The zero-order valence-corrected chi connectivity index (χ0v) is 13.0. The van der Waals surface area contributed by atoms with Crippen LogP contribution < -0.4 is 10.2 Å². The van der Waals surface area contributed by atoms with Gasteiger partial charge in [0.2, 0.25) is 0 Å². The molecule has 0 aromatic carbocycles. The molecule has 2 aliphatic rings. The average molecular weight is 313 g/mol. The standard InChI is InChI=1S/C16H19N5O2/c1-10-18-14(9-23-10)16(22)17-6-11-7-21(8-11)15-5-4-13(19-20-15)12-2-3-12/h4-5,9,11-12H,2-3,6-8H2,1H3,(H,17,22). The molecule has 1 saturated carbocycles. The van der Waals surface area contributed by atoms with Gasteiger partial charge in [-0.2, -0.15) is 5.10 Å². The van der Waals surface area contributed by atoms with Gasteiger partial charge in [-0.1, -0.05) is 0 Å². The molecule has 7 heteroatoms. The smallest absolute Gasteiger partial charge is 0.273 e. The number of nitrogens with one attached hydrogen (secondary N) is 1.